The van der Waals surface area contributed by atoms with Crippen molar-refractivity contribution in [3.8, 4) is 28.2 Å². The largest absolute Gasteiger partial charge is 0.455 e. The number of imidazole rings is 1. The topological polar surface area (TPSA) is 31.0 Å². The summed E-state index contributed by atoms with van der Waals surface area (Å²) in [7, 11) is 0. The van der Waals surface area contributed by atoms with Crippen molar-refractivity contribution in [1.29, 1.82) is 0 Å². The summed E-state index contributed by atoms with van der Waals surface area (Å²) in [6.45, 7) is 9.13. The minimum absolute atomic E-state index is 0.336. The Kier molecular flexibility index (Phi) is 6.16. The van der Waals surface area contributed by atoms with Gasteiger partial charge in [0, 0.05) is 16.2 Å². The zero-order valence-electron chi connectivity index (χ0n) is 25.5. The van der Waals surface area contributed by atoms with E-state index in [2.05, 4.69) is 148 Å². The molecule has 0 radical (unpaired) electrons. The molecule has 0 N–H and O–H groups in total. The Morgan fingerprint density at radius 1 is 0.591 bits per heavy atom. The first-order chi connectivity index (χ1) is 21.5. The van der Waals surface area contributed by atoms with Gasteiger partial charge >= 0.3 is 0 Å². The second kappa shape index (κ2) is 10.2. The molecule has 0 spiro atoms. The third-order valence-electron chi connectivity index (χ3n) is 8.95. The number of fused-ring (bicyclic) bond motifs is 6. The van der Waals surface area contributed by atoms with Crippen molar-refractivity contribution >= 4 is 43.7 Å². The Balaban J connectivity index is 1.49. The maximum absolute atomic E-state index is 6.78. The van der Waals surface area contributed by atoms with Crippen LogP contribution >= 0.6 is 0 Å². The van der Waals surface area contributed by atoms with Crippen LogP contribution in [-0.2, 0) is 0 Å². The maximum atomic E-state index is 6.78. The molecule has 0 aliphatic heterocycles. The Morgan fingerprint density at radius 2 is 1.30 bits per heavy atom. The number of hydrogen-bond donors (Lipinski definition) is 0. The minimum Gasteiger partial charge on any atom is -0.455 e. The lowest BCUT2D eigenvalue weighted by molar-refractivity contribution is 0.669. The third-order valence-corrected chi connectivity index (χ3v) is 8.95. The third kappa shape index (κ3) is 4.07. The van der Waals surface area contributed by atoms with Crippen molar-refractivity contribution < 1.29 is 4.42 Å². The van der Waals surface area contributed by atoms with Crippen molar-refractivity contribution in [3.05, 3.63) is 132 Å². The number of aromatic nitrogens is 2. The molecule has 0 aliphatic rings. The lowest BCUT2D eigenvalue weighted by atomic mass is 9.92. The van der Waals surface area contributed by atoms with E-state index in [4.69, 9.17) is 9.40 Å². The number of para-hydroxylation sites is 2. The summed E-state index contributed by atoms with van der Waals surface area (Å²) in [5, 5.41) is 4.61. The molecular weight excluding hydrogens is 536 g/mol. The van der Waals surface area contributed by atoms with Gasteiger partial charge < -0.3 is 4.42 Å². The smallest absolute Gasteiger partial charge is 0.149 e. The van der Waals surface area contributed by atoms with Crippen LogP contribution in [0.2, 0.25) is 0 Å². The number of hydrogen-bond acceptors (Lipinski definition) is 2. The van der Waals surface area contributed by atoms with E-state index in [0.717, 1.165) is 49.9 Å². The van der Waals surface area contributed by atoms with E-state index in [1.165, 1.54) is 33.2 Å². The molecule has 6 aromatic carbocycles. The van der Waals surface area contributed by atoms with Gasteiger partial charge in [-0.3, -0.25) is 4.57 Å². The molecule has 44 heavy (non-hydrogen) atoms. The number of rotatable bonds is 5. The summed E-state index contributed by atoms with van der Waals surface area (Å²) >= 11 is 0. The van der Waals surface area contributed by atoms with Crippen LogP contribution in [0.1, 0.15) is 50.7 Å². The van der Waals surface area contributed by atoms with Crippen LogP contribution in [0.25, 0.3) is 71.9 Å². The van der Waals surface area contributed by atoms with Crippen LogP contribution in [0.4, 0.5) is 0 Å². The Labute approximate surface area is 257 Å². The van der Waals surface area contributed by atoms with Crippen molar-refractivity contribution in [2.45, 2.75) is 39.5 Å². The van der Waals surface area contributed by atoms with Crippen molar-refractivity contribution in [1.82, 2.24) is 9.55 Å². The molecular formula is C41H34N2O. The van der Waals surface area contributed by atoms with Crippen molar-refractivity contribution in [2.75, 3.05) is 0 Å². The number of benzene rings is 6. The fraction of sp³-hybridized carbons (Fsp3) is 0.146. The molecule has 0 atom stereocenters. The van der Waals surface area contributed by atoms with Gasteiger partial charge in [-0.1, -0.05) is 125 Å². The number of furan rings is 1. The van der Waals surface area contributed by atoms with Crippen LogP contribution in [0.15, 0.2) is 126 Å². The molecule has 0 aliphatic carbocycles. The Morgan fingerprint density at radius 3 is 2.07 bits per heavy atom. The van der Waals surface area contributed by atoms with E-state index in [1.54, 1.807) is 0 Å². The predicted octanol–water partition coefficient (Wildman–Crippen LogP) is 11.7. The highest BCUT2D eigenvalue weighted by molar-refractivity contribution is 6.12. The molecule has 0 bridgehead atoms. The lowest BCUT2D eigenvalue weighted by Gasteiger charge is -2.23. The summed E-state index contributed by atoms with van der Waals surface area (Å²) in [4.78, 5) is 5.40. The van der Waals surface area contributed by atoms with Crippen LogP contribution in [0.3, 0.4) is 0 Å². The van der Waals surface area contributed by atoms with Gasteiger partial charge in [0.15, 0.2) is 0 Å². The quantitative estimate of drug-likeness (QED) is 0.206. The molecule has 214 valence electrons. The molecule has 2 heterocycles. The molecule has 3 nitrogen and oxygen atoms in total. The second-order valence-corrected chi connectivity index (χ2v) is 12.4. The standard InChI is InChI=1S/C41H34N2O/c1-25(2)30-16-10-17-31(26(3)4)38(30)43-39-32-15-9-8-14-28(32)21-23-36(39)42-41(43)35-19-11-18-34-33-22-20-29(24-37(33)44-40(34)35)27-12-6-5-7-13-27/h5-26H,1-4H3. The van der Waals surface area contributed by atoms with Crippen LogP contribution < -0.4 is 0 Å². The van der Waals surface area contributed by atoms with E-state index < -0.39 is 0 Å². The van der Waals surface area contributed by atoms with Gasteiger partial charge in [0.2, 0.25) is 0 Å². The predicted molar refractivity (Wildman–Crippen MR) is 185 cm³/mol. The normalized spacial score (nSPS) is 12.0. The highest BCUT2D eigenvalue weighted by Gasteiger charge is 2.25. The number of nitrogens with zero attached hydrogens (tertiary/aromatic N) is 2. The fourth-order valence-corrected chi connectivity index (χ4v) is 6.79. The summed E-state index contributed by atoms with van der Waals surface area (Å²) in [6, 6.07) is 43.2. The zero-order chi connectivity index (χ0) is 29.9. The lowest BCUT2D eigenvalue weighted by Crippen LogP contribution is -2.08. The average Bonchev–Trinajstić information content (AvgIpc) is 3.63. The molecule has 0 amide bonds. The van der Waals surface area contributed by atoms with Gasteiger partial charge in [-0.25, -0.2) is 4.98 Å². The summed E-state index contributed by atoms with van der Waals surface area (Å²) < 4.78 is 9.21. The molecule has 0 saturated carbocycles. The zero-order valence-corrected chi connectivity index (χ0v) is 25.5. The van der Waals surface area contributed by atoms with Crippen molar-refractivity contribution in [2.24, 2.45) is 0 Å². The van der Waals surface area contributed by atoms with E-state index in [9.17, 15) is 0 Å². The monoisotopic (exact) mass is 570 g/mol. The average molecular weight is 571 g/mol. The molecule has 0 saturated heterocycles. The highest BCUT2D eigenvalue weighted by atomic mass is 16.3. The molecule has 2 aromatic heterocycles. The first kappa shape index (κ1) is 26.5. The molecule has 8 aromatic rings. The summed E-state index contributed by atoms with van der Waals surface area (Å²) in [5.74, 6) is 1.57. The van der Waals surface area contributed by atoms with Gasteiger partial charge in [-0.15, -0.1) is 0 Å². The molecule has 0 unspecified atom stereocenters. The SMILES string of the molecule is CC(C)c1cccc(C(C)C)c1-n1c(-c2cccc3c2oc2cc(-c4ccccc4)ccc23)nc2ccc3ccccc3c21. The summed E-state index contributed by atoms with van der Waals surface area (Å²) in [6.07, 6.45) is 0. The van der Waals surface area contributed by atoms with Gasteiger partial charge in [0.05, 0.1) is 22.3 Å². The molecule has 0 fully saturated rings. The van der Waals surface area contributed by atoms with Gasteiger partial charge in [0.25, 0.3) is 0 Å². The van der Waals surface area contributed by atoms with Crippen LogP contribution in [0.5, 0.6) is 0 Å². The van der Waals surface area contributed by atoms with Gasteiger partial charge in [-0.05, 0) is 63.7 Å². The summed E-state index contributed by atoms with van der Waals surface area (Å²) in [5.41, 5.74) is 11.0. The maximum Gasteiger partial charge on any atom is 0.149 e. The van der Waals surface area contributed by atoms with Crippen LogP contribution in [0, 0.1) is 0 Å². The Bertz CT molecular complexity index is 2310. The molecule has 8 rings (SSSR count). The second-order valence-electron chi connectivity index (χ2n) is 12.4. The first-order valence-corrected chi connectivity index (χ1v) is 15.5. The van der Waals surface area contributed by atoms with E-state index in [-0.39, 0.29) is 0 Å². The highest BCUT2D eigenvalue weighted by Crippen LogP contribution is 2.42. The van der Waals surface area contributed by atoms with Crippen molar-refractivity contribution in [3.63, 3.8) is 0 Å². The van der Waals surface area contributed by atoms with Gasteiger partial charge in [-0.2, -0.15) is 0 Å². The first-order valence-electron chi connectivity index (χ1n) is 15.5. The Hall–Kier alpha value is -5.15. The minimum atomic E-state index is 0.336. The van der Waals surface area contributed by atoms with E-state index in [0.29, 0.717) is 11.8 Å². The van der Waals surface area contributed by atoms with E-state index in [1.807, 2.05) is 6.07 Å². The van der Waals surface area contributed by atoms with Crippen LogP contribution in [-0.4, -0.2) is 9.55 Å². The van der Waals surface area contributed by atoms with E-state index >= 15 is 0 Å². The molecule has 3 heteroatoms. The van der Waals surface area contributed by atoms with Gasteiger partial charge in [0.1, 0.15) is 17.0 Å². The fourth-order valence-electron chi connectivity index (χ4n) is 6.79.